The Labute approximate surface area is 152 Å². The molecule has 1 fully saturated rings. The van der Waals surface area contributed by atoms with Gasteiger partial charge in [-0.3, -0.25) is 14.7 Å². The summed E-state index contributed by atoms with van der Waals surface area (Å²) in [5.41, 5.74) is 4.71. The summed E-state index contributed by atoms with van der Waals surface area (Å²) in [5, 5.41) is 4.62. The lowest BCUT2D eigenvalue weighted by Gasteiger charge is -2.35. The van der Waals surface area contributed by atoms with Gasteiger partial charge >= 0.3 is 0 Å². The highest BCUT2D eigenvalue weighted by molar-refractivity contribution is 5.45. The molecule has 3 aromatic rings. The summed E-state index contributed by atoms with van der Waals surface area (Å²) in [7, 11) is 0. The predicted molar refractivity (Wildman–Crippen MR) is 102 cm³/mol. The molecular formula is C19H24N6O. The second kappa shape index (κ2) is 6.92. The number of aromatic nitrogens is 4. The highest BCUT2D eigenvalue weighted by Gasteiger charge is 2.18. The van der Waals surface area contributed by atoms with E-state index in [0.717, 1.165) is 55.3 Å². The molecule has 7 nitrogen and oxygen atoms in total. The molecule has 4 heterocycles. The van der Waals surface area contributed by atoms with Crippen molar-refractivity contribution in [2.45, 2.75) is 26.8 Å². The van der Waals surface area contributed by atoms with Crippen molar-refractivity contribution in [3.8, 4) is 0 Å². The number of aromatic amines is 1. The molecule has 0 unspecified atom stereocenters. The van der Waals surface area contributed by atoms with Crippen LogP contribution >= 0.6 is 0 Å². The molecule has 7 heteroatoms. The van der Waals surface area contributed by atoms with Crippen LogP contribution in [0, 0.1) is 6.92 Å². The number of aryl methyl sites for hydroxylation is 2. The number of anilines is 1. The summed E-state index contributed by atoms with van der Waals surface area (Å²) in [5.74, 6) is 0. The summed E-state index contributed by atoms with van der Waals surface area (Å²) in [6.45, 7) is 8.71. The zero-order valence-electron chi connectivity index (χ0n) is 15.3. The highest BCUT2D eigenvalue weighted by atomic mass is 16.1. The molecule has 0 spiro atoms. The van der Waals surface area contributed by atoms with Gasteiger partial charge in [-0.1, -0.05) is 6.92 Å². The molecule has 136 valence electrons. The van der Waals surface area contributed by atoms with Crippen LogP contribution in [-0.2, 0) is 13.0 Å². The predicted octanol–water partition coefficient (Wildman–Crippen LogP) is 1.61. The van der Waals surface area contributed by atoms with E-state index >= 15 is 0 Å². The van der Waals surface area contributed by atoms with Gasteiger partial charge in [0.15, 0.2) is 0 Å². The first-order valence-corrected chi connectivity index (χ1v) is 9.13. The number of nitrogens with one attached hydrogen (secondary N) is 1. The zero-order chi connectivity index (χ0) is 18.1. The van der Waals surface area contributed by atoms with E-state index in [2.05, 4.69) is 37.0 Å². The van der Waals surface area contributed by atoms with Crippen LogP contribution in [0.1, 0.15) is 23.9 Å². The molecule has 0 amide bonds. The molecule has 4 rings (SSSR count). The van der Waals surface area contributed by atoms with Crippen molar-refractivity contribution in [1.29, 1.82) is 0 Å². The number of nitrogens with zero attached hydrogens (tertiary/aromatic N) is 5. The van der Waals surface area contributed by atoms with Crippen molar-refractivity contribution in [2.75, 3.05) is 31.1 Å². The van der Waals surface area contributed by atoms with Gasteiger partial charge in [-0.25, -0.2) is 4.52 Å². The molecule has 0 atom stereocenters. The first-order valence-electron chi connectivity index (χ1n) is 9.13. The molecule has 0 aliphatic carbocycles. The van der Waals surface area contributed by atoms with E-state index in [-0.39, 0.29) is 5.56 Å². The van der Waals surface area contributed by atoms with Gasteiger partial charge in [-0.2, -0.15) is 5.10 Å². The van der Waals surface area contributed by atoms with Gasteiger partial charge in [0.05, 0.1) is 17.6 Å². The maximum atomic E-state index is 11.9. The third-order valence-electron chi connectivity index (χ3n) is 5.00. The molecule has 0 bridgehead atoms. The minimum absolute atomic E-state index is 0.0215. The summed E-state index contributed by atoms with van der Waals surface area (Å²) < 4.78 is 1.78. The van der Waals surface area contributed by atoms with Crippen LogP contribution in [0.3, 0.4) is 0 Å². The first kappa shape index (κ1) is 16.8. The lowest BCUT2D eigenvalue weighted by atomic mass is 10.2. The highest BCUT2D eigenvalue weighted by Crippen LogP contribution is 2.16. The van der Waals surface area contributed by atoms with Crippen LogP contribution in [0.5, 0.6) is 0 Å². The van der Waals surface area contributed by atoms with Crippen molar-refractivity contribution < 1.29 is 0 Å². The van der Waals surface area contributed by atoms with E-state index in [9.17, 15) is 4.79 Å². The van der Waals surface area contributed by atoms with E-state index in [1.807, 2.05) is 32.3 Å². The lowest BCUT2D eigenvalue weighted by Crippen LogP contribution is -2.46. The Kier molecular flexibility index (Phi) is 4.46. The molecule has 1 saturated heterocycles. The van der Waals surface area contributed by atoms with Crippen LogP contribution in [0.25, 0.3) is 5.65 Å². The second-order valence-corrected chi connectivity index (χ2v) is 6.85. The van der Waals surface area contributed by atoms with E-state index in [4.69, 9.17) is 0 Å². The molecule has 1 aliphatic rings. The van der Waals surface area contributed by atoms with Gasteiger partial charge in [0, 0.05) is 56.2 Å². The van der Waals surface area contributed by atoms with Crippen LogP contribution in [0.2, 0.25) is 0 Å². The minimum atomic E-state index is -0.0215. The summed E-state index contributed by atoms with van der Waals surface area (Å²) in [4.78, 5) is 24.0. The molecular weight excluding hydrogens is 328 g/mol. The Bertz CT molecular complexity index is 950. The normalized spacial score (nSPS) is 15.7. The maximum Gasteiger partial charge on any atom is 0.254 e. The van der Waals surface area contributed by atoms with E-state index in [1.54, 1.807) is 4.52 Å². The number of rotatable bonds is 4. The fourth-order valence-corrected chi connectivity index (χ4v) is 3.41. The molecule has 0 radical (unpaired) electrons. The van der Waals surface area contributed by atoms with Crippen LogP contribution in [0.15, 0.2) is 35.4 Å². The Hall–Kier alpha value is -2.67. The number of hydrogen-bond acceptors (Lipinski definition) is 5. The van der Waals surface area contributed by atoms with Gasteiger partial charge in [0.25, 0.3) is 5.56 Å². The van der Waals surface area contributed by atoms with Crippen molar-refractivity contribution >= 4 is 11.3 Å². The Morgan fingerprint density at radius 1 is 1.19 bits per heavy atom. The Morgan fingerprint density at radius 2 is 2.00 bits per heavy atom. The smallest absolute Gasteiger partial charge is 0.254 e. The van der Waals surface area contributed by atoms with Crippen molar-refractivity contribution in [3.63, 3.8) is 0 Å². The van der Waals surface area contributed by atoms with Crippen molar-refractivity contribution in [3.05, 3.63) is 57.9 Å². The van der Waals surface area contributed by atoms with Gasteiger partial charge in [-0.15, -0.1) is 0 Å². The fraction of sp³-hybridized carbons (Fsp3) is 0.421. The van der Waals surface area contributed by atoms with E-state index in [0.29, 0.717) is 6.42 Å². The number of fused-ring (bicyclic) bond motifs is 1. The topological polar surface area (TPSA) is 69.5 Å². The van der Waals surface area contributed by atoms with Crippen LogP contribution in [-0.4, -0.2) is 50.7 Å². The average Bonchev–Trinajstić information content (AvgIpc) is 3.03. The zero-order valence-corrected chi connectivity index (χ0v) is 15.3. The average molecular weight is 352 g/mol. The monoisotopic (exact) mass is 352 g/mol. The molecule has 1 N–H and O–H groups in total. The SMILES string of the molecule is CCc1cn2nc(CN3CCN(c4ccc(C)nc4)CC3)cc2[nH]c1=O. The molecule has 1 aliphatic heterocycles. The molecule has 3 aromatic heterocycles. The van der Waals surface area contributed by atoms with Gasteiger partial charge in [-0.05, 0) is 25.5 Å². The number of piperazine rings is 1. The maximum absolute atomic E-state index is 11.9. The minimum Gasteiger partial charge on any atom is -0.368 e. The molecule has 26 heavy (non-hydrogen) atoms. The standard InChI is InChI=1S/C19H24N6O/c1-3-15-12-25-18(21-19(15)26)10-16(22-25)13-23-6-8-24(9-7-23)17-5-4-14(2)20-11-17/h4-5,10-12H,3,6-9,13H2,1-2H3,(H,21,26). The van der Waals surface area contributed by atoms with Crippen LogP contribution in [0.4, 0.5) is 5.69 Å². The Morgan fingerprint density at radius 3 is 2.69 bits per heavy atom. The first-order chi connectivity index (χ1) is 12.6. The van der Waals surface area contributed by atoms with Crippen LogP contribution < -0.4 is 10.5 Å². The van der Waals surface area contributed by atoms with E-state index < -0.39 is 0 Å². The van der Waals surface area contributed by atoms with E-state index in [1.165, 1.54) is 5.69 Å². The largest absolute Gasteiger partial charge is 0.368 e. The molecule has 0 aromatic carbocycles. The number of H-pyrrole nitrogens is 1. The van der Waals surface area contributed by atoms with Gasteiger partial charge < -0.3 is 9.88 Å². The fourth-order valence-electron chi connectivity index (χ4n) is 3.41. The lowest BCUT2D eigenvalue weighted by molar-refractivity contribution is 0.247. The number of pyridine rings is 1. The number of hydrogen-bond donors (Lipinski definition) is 1. The Balaban J connectivity index is 1.42. The second-order valence-electron chi connectivity index (χ2n) is 6.85. The molecule has 0 saturated carbocycles. The van der Waals surface area contributed by atoms with Gasteiger partial charge in [0.1, 0.15) is 5.65 Å². The van der Waals surface area contributed by atoms with Crippen molar-refractivity contribution in [2.24, 2.45) is 0 Å². The summed E-state index contributed by atoms with van der Waals surface area (Å²) >= 11 is 0. The third kappa shape index (κ3) is 3.35. The summed E-state index contributed by atoms with van der Waals surface area (Å²) in [6, 6.07) is 6.17. The van der Waals surface area contributed by atoms with Gasteiger partial charge in [0.2, 0.25) is 0 Å². The summed E-state index contributed by atoms with van der Waals surface area (Å²) in [6.07, 6.45) is 4.49. The quantitative estimate of drug-likeness (QED) is 0.773. The third-order valence-corrected chi connectivity index (χ3v) is 5.00. The van der Waals surface area contributed by atoms with Crippen molar-refractivity contribution in [1.82, 2.24) is 24.5 Å².